The van der Waals surface area contributed by atoms with Crippen LogP contribution in [0.2, 0.25) is 0 Å². The third kappa shape index (κ3) is 4.29. The summed E-state index contributed by atoms with van der Waals surface area (Å²) in [5, 5.41) is 0. The van der Waals surface area contributed by atoms with Crippen molar-refractivity contribution >= 4 is 0 Å². The number of hydrazine groups is 1. The summed E-state index contributed by atoms with van der Waals surface area (Å²) in [7, 11) is 0. The highest BCUT2D eigenvalue weighted by molar-refractivity contribution is 5.19. The van der Waals surface area contributed by atoms with Crippen molar-refractivity contribution in [2.75, 3.05) is 0 Å². The van der Waals surface area contributed by atoms with Crippen LogP contribution in [0.25, 0.3) is 0 Å². The van der Waals surface area contributed by atoms with Gasteiger partial charge < -0.3 is 0 Å². The number of rotatable bonds is 7. The van der Waals surface area contributed by atoms with Crippen LogP contribution >= 0.6 is 0 Å². The van der Waals surface area contributed by atoms with E-state index in [2.05, 4.69) is 30.3 Å². The van der Waals surface area contributed by atoms with Gasteiger partial charge in [0.15, 0.2) is 0 Å². The van der Waals surface area contributed by atoms with Crippen molar-refractivity contribution in [3.8, 4) is 0 Å². The van der Waals surface area contributed by atoms with Gasteiger partial charge in [0.05, 0.1) is 0 Å². The standard InChI is InChI=1S/C13H23N3/c1-3-4-5-6-7-13(16-14)12-8-11(2)9-15-10-12/h8-10,13,16H,3-7,14H2,1-2H3. The van der Waals surface area contributed by atoms with Crippen molar-refractivity contribution in [1.82, 2.24) is 10.4 Å². The molecule has 1 unspecified atom stereocenters. The SMILES string of the molecule is CCCCCCC(NN)c1cncc(C)c1. The van der Waals surface area contributed by atoms with Crippen LogP contribution < -0.4 is 11.3 Å². The quantitative estimate of drug-likeness (QED) is 0.423. The summed E-state index contributed by atoms with van der Waals surface area (Å²) in [4.78, 5) is 4.20. The van der Waals surface area contributed by atoms with E-state index in [0.717, 1.165) is 6.42 Å². The van der Waals surface area contributed by atoms with E-state index in [9.17, 15) is 0 Å². The third-order valence-corrected chi connectivity index (χ3v) is 2.85. The molecule has 1 rings (SSSR count). The van der Waals surface area contributed by atoms with Gasteiger partial charge in [-0.3, -0.25) is 16.3 Å². The largest absolute Gasteiger partial charge is 0.271 e. The second-order valence-corrected chi connectivity index (χ2v) is 4.36. The van der Waals surface area contributed by atoms with Crippen molar-refractivity contribution in [1.29, 1.82) is 0 Å². The number of unbranched alkanes of at least 4 members (excludes halogenated alkanes) is 3. The maximum Gasteiger partial charge on any atom is 0.0475 e. The van der Waals surface area contributed by atoms with E-state index in [1.54, 1.807) is 0 Å². The molecule has 0 amide bonds. The van der Waals surface area contributed by atoms with Crippen molar-refractivity contribution in [3.63, 3.8) is 0 Å². The number of pyridine rings is 1. The molecule has 0 saturated heterocycles. The number of nitrogens with two attached hydrogens (primary N) is 1. The van der Waals surface area contributed by atoms with Crippen molar-refractivity contribution in [2.45, 2.75) is 52.0 Å². The first-order chi connectivity index (χ1) is 7.77. The molecule has 0 bridgehead atoms. The van der Waals surface area contributed by atoms with E-state index < -0.39 is 0 Å². The summed E-state index contributed by atoms with van der Waals surface area (Å²) >= 11 is 0. The Morgan fingerprint density at radius 2 is 2.12 bits per heavy atom. The molecule has 0 aliphatic rings. The number of aromatic nitrogens is 1. The lowest BCUT2D eigenvalue weighted by Gasteiger charge is -2.16. The molecule has 0 aromatic carbocycles. The zero-order chi connectivity index (χ0) is 11.8. The summed E-state index contributed by atoms with van der Waals surface area (Å²) in [6, 6.07) is 2.39. The molecule has 0 radical (unpaired) electrons. The summed E-state index contributed by atoms with van der Waals surface area (Å²) < 4.78 is 0. The average molecular weight is 221 g/mol. The molecule has 0 fully saturated rings. The molecule has 3 nitrogen and oxygen atoms in total. The van der Waals surface area contributed by atoms with Gasteiger partial charge in [0, 0.05) is 18.4 Å². The molecule has 0 saturated carbocycles. The fourth-order valence-corrected chi connectivity index (χ4v) is 1.89. The topological polar surface area (TPSA) is 50.9 Å². The third-order valence-electron chi connectivity index (χ3n) is 2.85. The van der Waals surface area contributed by atoms with Crippen LogP contribution in [0.3, 0.4) is 0 Å². The van der Waals surface area contributed by atoms with E-state index in [1.165, 1.54) is 36.8 Å². The monoisotopic (exact) mass is 221 g/mol. The second-order valence-electron chi connectivity index (χ2n) is 4.36. The number of hydrogen-bond donors (Lipinski definition) is 2. The Kier molecular flexibility index (Phi) is 6.04. The first-order valence-corrected chi connectivity index (χ1v) is 6.15. The van der Waals surface area contributed by atoms with Crippen LogP contribution in [0.5, 0.6) is 0 Å². The molecule has 90 valence electrons. The van der Waals surface area contributed by atoms with Gasteiger partial charge in [0.1, 0.15) is 0 Å². The van der Waals surface area contributed by atoms with E-state index in [1.807, 2.05) is 12.4 Å². The number of aryl methyl sites for hydroxylation is 1. The fourth-order valence-electron chi connectivity index (χ4n) is 1.89. The van der Waals surface area contributed by atoms with Gasteiger partial charge in [-0.25, -0.2) is 0 Å². The van der Waals surface area contributed by atoms with Crippen LogP contribution in [-0.4, -0.2) is 4.98 Å². The van der Waals surface area contributed by atoms with Crippen LogP contribution in [0.1, 0.15) is 56.2 Å². The zero-order valence-electron chi connectivity index (χ0n) is 10.4. The molecule has 0 spiro atoms. The van der Waals surface area contributed by atoms with E-state index in [0.29, 0.717) is 0 Å². The Bertz CT molecular complexity index is 299. The molecule has 1 heterocycles. The van der Waals surface area contributed by atoms with E-state index in [-0.39, 0.29) is 6.04 Å². The Morgan fingerprint density at radius 3 is 2.75 bits per heavy atom. The Morgan fingerprint density at radius 1 is 1.31 bits per heavy atom. The van der Waals surface area contributed by atoms with Crippen molar-refractivity contribution < 1.29 is 0 Å². The lowest BCUT2D eigenvalue weighted by atomic mass is 10.0. The van der Waals surface area contributed by atoms with Gasteiger partial charge in [-0.1, -0.05) is 38.7 Å². The first kappa shape index (κ1) is 13.1. The summed E-state index contributed by atoms with van der Waals surface area (Å²) in [5.41, 5.74) is 5.26. The number of nitrogens with zero attached hydrogens (tertiary/aromatic N) is 1. The minimum Gasteiger partial charge on any atom is -0.271 e. The molecule has 1 atom stereocenters. The predicted molar refractivity (Wildman–Crippen MR) is 67.8 cm³/mol. The molecule has 3 heteroatoms. The van der Waals surface area contributed by atoms with Gasteiger partial charge in [0.25, 0.3) is 0 Å². The highest BCUT2D eigenvalue weighted by Crippen LogP contribution is 2.19. The van der Waals surface area contributed by atoms with Crippen LogP contribution in [0.15, 0.2) is 18.5 Å². The number of hydrogen-bond acceptors (Lipinski definition) is 3. The number of nitrogens with one attached hydrogen (secondary N) is 1. The predicted octanol–water partition coefficient (Wildman–Crippen LogP) is 2.86. The van der Waals surface area contributed by atoms with Crippen molar-refractivity contribution in [2.24, 2.45) is 5.84 Å². The summed E-state index contributed by atoms with van der Waals surface area (Å²) in [5.74, 6) is 5.59. The molecular formula is C13H23N3. The zero-order valence-corrected chi connectivity index (χ0v) is 10.4. The molecule has 1 aromatic rings. The lowest BCUT2D eigenvalue weighted by Crippen LogP contribution is -2.28. The second kappa shape index (κ2) is 7.36. The first-order valence-electron chi connectivity index (χ1n) is 6.15. The highest BCUT2D eigenvalue weighted by Gasteiger charge is 2.09. The molecular weight excluding hydrogens is 198 g/mol. The van der Waals surface area contributed by atoms with Gasteiger partial charge in [-0.15, -0.1) is 0 Å². The van der Waals surface area contributed by atoms with Crippen molar-refractivity contribution in [3.05, 3.63) is 29.6 Å². The van der Waals surface area contributed by atoms with Crippen LogP contribution in [0, 0.1) is 6.92 Å². The summed E-state index contributed by atoms with van der Waals surface area (Å²) in [6.45, 7) is 4.28. The smallest absolute Gasteiger partial charge is 0.0475 e. The van der Waals surface area contributed by atoms with Gasteiger partial charge in [-0.05, 0) is 24.5 Å². The minimum absolute atomic E-state index is 0.240. The lowest BCUT2D eigenvalue weighted by molar-refractivity contribution is 0.480. The Labute approximate surface area is 98.4 Å². The molecule has 1 aromatic heterocycles. The van der Waals surface area contributed by atoms with E-state index in [4.69, 9.17) is 5.84 Å². The minimum atomic E-state index is 0.240. The molecule has 0 aliphatic heterocycles. The molecule has 0 aliphatic carbocycles. The molecule has 3 N–H and O–H groups in total. The average Bonchev–Trinajstić information content (AvgIpc) is 2.29. The highest BCUT2D eigenvalue weighted by atomic mass is 15.2. The van der Waals surface area contributed by atoms with Gasteiger partial charge in [-0.2, -0.15) is 0 Å². The normalized spacial score (nSPS) is 12.7. The van der Waals surface area contributed by atoms with E-state index >= 15 is 0 Å². The maximum atomic E-state index is 5.59. The Balaban J connectivity index is 2.47. The molecule has 16 heavy (non-hydrogen) atoms. The fraction of sp³-hybridized carbons (Fsp3) is 0.615. The van der Waals surface area contributed by atoms with Gasteiger partial charge in [0.2, 0.25) is 0 Å². The van der Waals surface area contributed by atoms with Crippen LogP contribution in [0.4, 0.5) is 0 Å². The van der Waals surface area contributed by atoms with Crippen LogP contribution in [-0.2, 0) is 0 Å². The maximum absolute atomic E-state index is 5.59. The Hall–Kier alpha value is -0.930. The van der Waals surface area contributed by atoms with Gasteiger partial charge >= 0.3 is 0 Å². The summed E-state index contributed by atoms with van der Waals surface area (Å²) in [6.07, 6.45) is 9.94.